The molecule has 37 heavy (non-hydrogen) atoms. The van der Waals surface area contributed by atoms with E-state index in [1.54, 1.807) is 6.92 Å². The van der Waals surface area contributed by atoms with Gasteiger partial charge in [-0.15, -0.1) is 0 Å². The molecule has 2 atom stereocenters. The fourth-order valence-electron chi connectivity index (χ4n) is 5.67. The van der Waals surface area contributed by atoms with Gasteiger partial charge in [-0.3, -0.25) is 4.79 Å². The number of alkyl halides is 2. The molecule has 2 bridgehead atoms. The summed E-state index contributed by atoms with van der Waals surface area (Å²) in [6, 6.07) is 5.84. The third kappa shape index (κ3) is 5.40. The van der Waals surface area contributed by atoms with E-state index in [2.05, 4.69) is 15.5 Å². The Balaban J connectivity index is 1.44. The number of anilines is 2. The summed E-state index contributed by atoms with van der Waals surface area (Å²) in [5.74, 6) is -1.57. The quantitative estimate of drug-likeness (QED) is 0.517. The maximum absolute atomic E-state index is 15.3. The van der Waals surface area contributed by atoms with Gasteiger partial charge in [-0.1, -0.05) is 18.2 Å². The summed E-state index contributed by atoms with van der Waals surface area (Å²) in [6.45, 7) is 6.34. The minimum atomic E-state index is -2.96. The summed E-state index contributed by atoms with van der Waals surface area (Å²) in [5, 5.41) is 6.16. The number of carbonyl (C=O) groups excluding carboxylic acids is 1. The lowest BCUT2D eigenvalue weighted by Crippen LogP contribution is -2.53. The third-order valence-corrected chi connectivity index (χ3v) is 7.79. The van der Waals surface area contributed by atoms with E-state index in [0.29, 0.717) is 43.6 Å². The van der Waals surface area contributed by atoms with Crippen LogP contribution in [0.5, 0.6) is 0 Å². The Morgan fingerprint density at radius 2 is 1.76 bits per heavy atom. The van der Waals surface area contributed by atoms with Gasteiger partial charge in [-0.25, -0.2) is 17.6 Å². The highest BCUT2D eigenvalue weighted by Crippen LogP contribution is 2.34. The molecule has 2 aromatic carbocycles. The van der Waals surface area contributed by atoms with Crippen LogP contribution in [0.15, 0.2) is 30.3 Å². The van der Waals surface area contributed by atoms with Crippen LogP contribution in [0, 0.1) is 17.6 Å². The number of amides is 1. The van der Waals surface area contributed by atoms with E-state index in [1.807, 2.05) is 4.90 Å². The SMILES string of the molecule is C[C@@H](NC(=O)c1cc(N2CCOCC2)c(F)cc1N[C@H]1CN2CCC1CC2)c1cccc(C(F)F)c1F. The average Bonchev–Trinajstić information content (AvgIpc) is 2.90. The summed E-state index contributed by atoms with van der Waals surface area (Å²) in [7, 11) is 0. The number of carbonyl (C=O) groups is 1. The number of ether oxygens (including phenoxy) is 1. The normalized spacial score (nSPS) is 24.3. The lowest BCUT2D eigenvalue weighted by atomic mass is 9.84. The summed E-state index contributed by atoms with van der Waals surface area (Å²) in [4.78, 5) is 17.7. The molecule has 0 aliphatic carbocycles. The van der Waals surface area contributed by atoms with Crippen molar-refractivity contribution in [1.29, 1.82) is 0 Å². The number of nitrogens with zero attached hydrogens (tertiary/aromatic N) is 2. The highest BCUT2D eigenvalue weighted by atomic mass is 19.3. The van der Waals surface area contributed by atoms with Crippen LogP contribution in [0.2, 0.25) is 0 Å². The van der Waals surface area contributed by atoms with E-state index in [1.165, 1.54) is 24.3 Å². The first-order valence-corrected chi connectivity index (χ1v) is 12.8. The topological polar surface area (TPSA) is 56.8 Å². The summed E-state index contributed by atoms with van der Waals surface area (Å²) in [6.07, 6.45) is -0.873. The Bertz CT molecular complexity index is 1130. The van der Waals surface area contributed by atoms with Crippen molar-refractivity contribution in [2.45, 2.75) is 38.3 Å². The summed E-state index contributed by atoms with van der Waals surface area (Å²) in [5.41, 5.74) is 0.163. The van der Waals surface area contributed by atoms with Crippen LogP contribution >= 0.6 is 0 Å². The highest BCUT2D eigenvalue weighted by Gasteiger charge is 2.35. The molecule has 200 valence electrons. The van der Waals surface area contributed by atoms with Gasteiger partial charge in [0.25, 0.3) is 12.3 Å². The molecule has 4 saturated heterocycles. The molecule has 10 heteroatoms. The molecule has 0 saturated carbocycles. The molecule has 2 N–H and O–H groups in total. The zero-order valence-corrected chi connectivity index (χ0v) is 20.8. The number of fused-ring (bicyclic) bond motifs is 3. The molecule has 0 aromatic heterocycles. The van der Waals surface area contributed by atoms with Crippen molar-refractivity contribution in [3.63, 3.8) is 0 Å². The molecule has 6 nitrogen and oxygen atoms in total. The van der Waals surface area contributed by atoms with Crippen molar-refractivity contribution in [3.8, 4) is 0 Å². The number of benzene rings is 2. The Morgan fingerprint density at radius 3 is 2.41 bits per heavy atom. The van der Waals surface area contributed by atoms with Crippen molar-refractivity contribution in [1.82, 2.24) is 10.2 Å². The molecule has 0 unspecified atom stereocenters. The Labute approximate surface area is 214 Å². The van der Waals surface area contributed by atoms with Gasteiger partial charge in [-0.2, -0.15) is 0 Å². The zero-order chi connectivity index (χ0) is 26.1. The molecule has 1 amide bonds. The van der Waals surface area contributed by atoms with E-state index in [9.17, 15) is 18.0 Å². The monoisotopic (exact) mass is 520 g/mol. The maximum Gasteiger partial charge on any atom is 0.266 e. The second kappa shape index (κ2) is 10.9. The van der Waals surface area contributed by atoms with Crippen LogP contribution < -0.4 is 15.5 Å². The Hall–Kier alpha value is -2.85. The molecule has 0 radical (unpaired) electrons. The number of halogens is 4. The average molecular weight is 521 g/mol. The molecule has 4 fully saturated rings. The van der Waals surface area contributed by atoms with Crippen molar-refractivity contribution >= 4 is 17.3 Å². The van der Waals surface area contributed by atoms with Gasteiger partial charge in [0.1, 0.15) is 11.6 Å². The van der Waals surface area contributed by atoms with E-state index < -0.39 is 35.6 Å². The lowest BCUT2D eigenvalue weighted by Gasteiger charge is -2.45. The minimum Gasteiger partial charge on any atom is -0.380 e. The number of morpholine rings is 1. The first-order valence-electron chi connectivity index (χ1n) is 12.8. The van der Waals surface area contributed by atoms with Crippen molar-refractivity contribution < 1.29 is 27.1 Å². The molecule has 0 spiro atoms. The molecular weight excluding hydrogens is 488 g/mol. The van der Waals surface area contributed by atoms with Crippen LogP contribution in [0.1, 0.15) is 53.7 Å². The number of hydrogen-bond acceptors (Lipinski definition) is 5. The number of nitrogens with one attached hydrogen (secondary N) is 2. The second-order valence-electron chi connectivity index (χ2n) is 10.1. The van der Waals surface area contributed by atoms with Crippen LogP contribution in [0.3, 0.4) is 0 Å². The van der Waals surface area contributed by atoms with Crippen molar-refractivity contribution in [3.05, 3.63) is 58.7 Å². The predicted molar refractivity (Wildman–Crippen MR) is 133 cm³/mol. The van der Waals surface area contributed by atoms with Gasteiger partial charge < -0.3 is 25.2 Å². The summed E-state index contributed by atoms with van der Waals surface area (Å²) < 4.78 is 61.9. The molecule has 4 aliphatic rings. The van der Waals surface area contributed by atoms with Crippen LogP contribution in [-0.4, -0.2) is 62.8 Å². The van der Waals surface area contributed by atoms with E-state index in [4.69, 9.17) is 4.74 Å². The Kier molecular flexibility index (Phi) is 7.57. The number of hydrogen-bond donors (Lipinski definition) is 2. The van der Waals surface area contributed by atoms with Crippen molar-refractivity contribution in [2.24, 2.45) is 5.92 Å². The number of rotatable bonds is 7. The fraction of sp³-hybridized carbons (Fsp3) is 0.519. The van der Waals surface area contributed by atoms with Crippen LogP contribution in [0.4, 0.5) is 28.9 Å². The standard InChI is InChI=1S/C27H32F4N4O2/c1-16(18-3-2-4-19(25(18)29)26(30)31)32-27(36)20-13-24(35-9-11-37-12-10-35)21(28)14-22(20)33-23-15-34-7-5-17(23)6-8-34/h2-4,13-14,16-17,23,26,33H,5-12,15H2,1H3,(H,32,36)/t16-,23+/m1/s1. The van der Waals surface area contributed by atoms with Crippen LogP contribution in [0.25, 0.3) is 0 Å². The van der Waals surface area contributed by atoms with E-state index in [-0.39, 0.29) is 17.2 Å². The second-order valence-corrected chi connectivity index (χ2v) is 10.1. The molecule has 4 heterocycles. The van der Waals surface area contributed by atoms with Gasteiger partial charge in [0.2, 0.25) is 0 Å². The first-order chi connectivity index (χ1) is 17.8. The van der Waals surface area contributed by atoms with Gasteiger partial charge in [0, 0.05) is 31.2 Å². The third-order valence-electron chi connectivity index (χ3n) is 7.79. The molecule has 4 aliphatic heterocycles. The fourth-order valence-corrected chi connectivity index (χ4v) is 5.67. The smallest absolute Gasteiger partial charge is 0.266 e. The Morgan fingerprint density at radius 1 is 1.05 bits per heavy atom. The maximum atomic E-state index is 15.3. The predicted octanol–water partition coefficient (Wildman–Crippen LogP) is 4.74. The van der Waals surface area contributed by atoms with Gasteiger partial charge >= 0.3 is 0 Å². The number of piperidine rings is 3. The lowest BCUT2D eigenvalue weighted by molar-refractivity contribution is 0.0934. The molecule has 2 aromatic rings. The molecular formula is C27H32F4N4O2. The zero-order valence-electron chi connectivity index (χ0n) is 20.8. The van der Waals surface area contributed by atoms with Gasteiger partial charge in [0.05, 0.1) is 41.8 Å². The van der Waals surface area contributed by atoms with Gasteiger partial charge in [-0.05, 0) is 50.9 Å². The van der Waals surface area contributed by atoms with Crippen molar-refractivity contribution in [2.75, 3.05) is 56.2 Å². The largest absolute Gasteiger partial charge is 0.380 e. The highest BCUT2D eigenvalue weighted by molar-refractivity contribution is 6.01. The van der Waals surface area contributed by atoms with E-state index in [0.717, 1.165) is 38.5 Å². The summed E-state index contributed by atoms with van der Waals surface area (Å²) >= 11 is 0. The van der Waals surface area contributed by atoms with Gasteiger partial charge in [0.15, 0.2) is 0 Å². The van der Waals surface area contributed by atoms with E-state index >= 15 is 4.39 Å². The molecule has 6 rings (SSSR count). The van der Waals surface area contributed by atoms with Crippen LogP contribution in [-0.2, 0) is 4.74 Å². The first kappa shape index (κ1) is 25.8. The minimum absolute atomic E-state index is 0.0337.